The molecule has 1 N–H and O–H groups in total. The third kappa shape index (κ3) is 5.26. The van der Waals surface area contributed by atoms with Gasteiger partial charge in [0.05, 0.1) is 19.8 Å². The van der Waals surface area contributed by atoms with Crippen LogP contribution in [0.3, 0.4) is 0 Å². The number of nitrogens with zero attached hydrogens (tertiary/aromatic N) is 1. The maximum atomic E-state index is 12.8. The third-order valence-electron chi connectivity index (χ3n) is 5.03. The topological polar surface area (TPSA) is 86.6 Å². The highest BCUT2D eigenvalue weighted by molar-refractivity contribution is 9.10. The van der Waals surface area contributed by atoms with Crippen LogP contribution in [0.2, 0.25) is 0 Å². The van der Waals surface area contributed by atoms with Crippen LogP contribution in [0, 0.1) is 0 Å². The number of pyridine rings is 1. The lowest BCUT2D eigenvalue weighted by molar-refractivity contribution is -0.142. The second kappa shape index (κ2) is 10.3. The van der Waals surface area contributed by atoms with Crippen LogP contribution >= 0.6 is 15.9 Å². The molecule has 0 aliphatic rings. The minimum absolute atomic E-state index is 0.0941. The highest BCUT2D eigenvalue weighted by Gasteiger charge is 2.24. The van der Waals surface area contributed by atoms with Crippen molar-refractivity contribution in [1.82, 2.24) is 9.88 Å². The Bertz CT molecular complexity index is 1190. The monoisotopic (exact) mass is 498 g/mol. The number of aryl methyl sites for hydroxylation is 1. The molecule has 1 heterocycles. The van der Waals surface area contributed by atoms with Gasteiger partial charge in [-0.05, 0) is 41.5 Å². The summed E-state index contributed by atoms with van der Waals surface area (Å²) >= 11 is 3.34. The van der Waals surface area contributed by atoms with Gasteiger partial charge >= 0.3 is 5.97 Å². The quantitative estimate of drug-likeness (QED) is 0.504. The second-order valence-corrected chi connectivity index (χ2v) is 8.05. The molecule has 0 saturated heterocycles. The smallest absolute Gasteiger partial charge is 0.328 e. The van der Waals surface area contributed by atoms with E-state index in [9.17, 15) is 14.4 Å². The summed E-state index contributed by atoms with van der Waals surface area (Å²) in [5, 5.41) is 2.73. The lowest BCUT2D eigenvalue weighted by Crippen LogP contribution is -2.43. The Morgan fingerprint density at radius 3 is 2.47 bits per heavy atom. The predicted octanol–water partition coefficient (Wildman–Crippen LogP) is 3.34. The van der Waals surface area contributed by atoms with Gasteiger partial charge in [-0.15, -0.1) is 0 Å². The Kier molecular flexibility index (Phi) is 7.48. The van der Waals surface area contributed by atoms with Crippen LogP contribution in [0.15, 0.2) is 70.1 Å². The van der Waals surface area contributed by atoms with E-state index in [1.807, 2.05) is 30.3 Å². The van der Waals surface area contributed by atoms with E-state index < -0.39 is 17.9 Å². The number of amides is 1. The SMILES string of the molecule is COC(=O)[C@H](Cc1ccc(-c2cccn(C)c2=O)cc1)NC(=O)c1ccc(Br)cc1OC. The summed E-state index contributed by atoms with van der Waals surface area (Å²) in [6.07, 6.45) is 1.93. The number of esters is 1. The van der Waals surface area contributed by atoms with E-state index in [0.717, 1.165) is 15.6 Å². The molecule has 0 aliphatic carbocycles. The van der Waals surface area contributed by atoms with Crippen LogP contribution in [0.5, 0.6) is 5.75 Å². The average Bonchev–Trinajstić information content (AvgIpc) is 2.80. The van der Waals surface area contributed by atoms with Crippen molar-refractivity contribution in [2.75, 3.05) is 14.2 Å². The van der Waals surface area contributed by atoms with E-state index in [1.54, 1.807) is 37.5 Å². The van der Waals surface area contributed by atoms with E-state index in [0.29, 0.717) is 16.9 Å². The average molecular weight is 499 g/mol. The molecule has 0 saturated carbocycles. The number of carbonyl (C=O) groups excluding carboxylic acids is 2. The molecule has 0 spiro atoms. The zero-order chi connectivity index (χ0) is 23.3. The second-order valence-electron chi connectivity index (χ2n) is 7.13. The molecule has 8 heteroatoms. The summed E-state index contributed by atoms with van der Waals surface area (Å²) in [5.41, 5.74) is 2.37. The lowest BCUT2D eigenvalue weighted by atomic mass is 10.0. The van der Waals surface area contributed by atoms with Crippen molar-refractivity contribution in [3.05, 3.63) is 86.7 Å². The molecule has 166 valence electrons. The van der Waals surface area contributed by atoms with E-state index in [1.165, 1.54) is 18.8 Å². The van der Waals surface area contributed by atoms with Gasteiger partial charge in [0.1, 0.15) is 11.8 Å². The molecular formula is C24H23BrN2O5. The van der Waals surface area contributed by atoms with Crippen molar-refractivity contribution in [3.63, 3.8) is 0 Å². The lowest BCUT2D eigenvalue weighted by Gasteiger charge is -2.18. The first-order valence-corrected chi connectivity index (χ1v) is 10.6. The number of methoxy groups -OCH3 is 2. The molecule has 0 fully saturated rings. The van der Waals surface area contributed by atoms with Gasteiger partial charge in [0.15, 0.2) is 0 Å². The zero-order valence-corrected chi connectivity index (χ0v) is 19.5. The maximum absolute atomic E-state index is 12.8. The highest BCUT2D eigenvalue weighted by atomic mass is 79.9. The first-order valence-electron chi connectivity index (χ1n) is 9.81. The van der Waals surface area contributed by atoms with E-state index in [4.69, 9.17) is 9.47 Å². The summed E-state index contributed by atoms with van der Waals surface area (Å²) in [4.78, 5) is 37.5. The van der Waals surface area contributed by atoms with Crippen molar-refractivity contribution in [2.24, 2.45) is 7.05 Å². The Morgan fingerprint density at radius 2 is 1.81 bits per heavy atom. The van der Waals surface area contributed by atoms with Gasteiger partial charge in [-0.3, -0.25) is 9.59 Å². The number of benzene rings is 2. The van der Waals surface area contributed by atoms with Crippen LogP contribution in [-0.4, -0.2) is 36.7 Å². The van der Waals surface area contributed by atoms with Gasteiger partial charge in [0, 0.05) is 29.7 Å². The molecule has 7 nitrogen and oxygen atoms in total. The van der Waals surface area contributed by atoms with E-state index in [2.05, 4.69) is 21.2 Å². The van der Waals surface area contributed by atoms with Gasteiger partial charge < -0.3 is 19.4 Å². The van der Waals surface area contributed by atoms with Crippen molar-refractivity contribution in [1.29, 1.82) is 0 Å². The zero-order valence-electron chi connectivity index (χ0n) is 17.9. The predicted molar refractivity (Wildman–Crippen MR) is 125 cm³/mol. The van der Waals surface area contributed by atoms with Gasteiger partial charge in [-0.1, -0.05) is 40.2 Å². The molecule has 0 unspecified atom stereocenters. The number of halogens is 1. The molecular weight excluding hydrogens is 476 g/mol. The summed E-state index contributed by atoms with van der Waals surface area (Å²) < 4.78 is 12.4. The van der Waals surface area contributed by atoms with Crippen LogP contribution < -0.4 is 15.6 Å². The number of hydrogen-bond donors (Lipinski definition) is 1. The largest absolute Gasteiger partial charge is 0.496 e. The molecule has 32 heavy (non-hydrogen) atoms. The van der Waals surface area contributed by atoms with Crippen molar-refractivity contribution < 1.29 is 19.1 Å². The van der Waals surface area contributed by atoms with Crippen molar-refractivity contribution in [3.8, 4) is 16.9 Å². The van der Waals surface area contributed by atoms with Gasteiger partial charge in [0.25, 0.3) is 11.5 Å². The normalized spacial score (nSPS) is 11.5. The van der Waals surface area contributed by atoms with Gasteiger partial charge in [0.2, 0.25) is 0 Å². The minimum Gasteiger partial charge on any atom is -0.496 e. The van der Waals surface area contributed by atoms with Gasteiger partial charge in [-0.2, -0.15) is 0 Å². The number of ether oxygens (including phenoxy) is 2. The fraction of sp³-hybridized carbons (Fsp3) is 0.208. The number of rotatable bonds is 7. The molecule has 1 aromatic heterocycles. The number of aromatic nitrogens is 1. The third-order valence-corrected chi connectivity index (χ3v) is 5.52. The molecule has 0 bridgehead atoms. The molecule has 0 aliphatic heterocycles. The maximum Gasteiger partial charge on any atom is 0.328 e. The summed E-state index contributed by atoms with van der Waals surface area (Å²) in [6.45, 7) is 0. The van der Waals surface area contributed by atoms with Crippen LogP contribution in [-0.2, 0) is 23.0 Å². The van der Waals surface area contributed by atoms with E-state index in [-0.39, 0.29) is 12.0 Å². The Labute approximate surface area is 194 Å². The first-order chi connectivity index (χ1) is 15.3. The Hall–Kier alpha value is -3.39. The van der Waals surface area contributed by atoms with Crippen molar-refractivity contribution >= 4 is 27.8 Å². The van der Waals surface area contributed by atoms with Crippen molar-refractivity contribution in [2.45, 2.75) is 12.5 Å². The molecule has 1 atom stereocenters. The molecule has 3 aromatic rings. The van der Waals surface area contributed by atoms with E-state index >= 15 is 0 Å². The molecule has 1 amide bonds. The number of nitrogens with one attached hydrogen (secondary N) is 1. The summed E-state index contributed by atoms with van der Waals surface area (Å²) in [6, 6.07) is 15.0. The Morgan fingerprint density at radius 1 is 1.09 bits per heavy atom. The fourth-order valence-corrected chi connectivity index (χ4v) is 3.64. The van der Waals surface area contributed by atoms with Crippen LogP contribution in [0.1, 0.15) is 15.9 Å². The van der Waals surface area contributed by atoms with Crippen LogP contribution in [0.4, 0.5) is 0 Å². The first kappa shape index (κ1) is 23.3. The van der Waals surface area contributed by atoms with Crippen LogP contribution in [0.25, 0.3) is 11.1 Å². The number of carbonyl (C=O) groups is 2. The Balaban J connectivity index is 1.80. The highest BCUT2D eigenvalue weighted by Crippen LogP contribution is 2.24. The molecule has 0 radical (unpaired) electrons. The molecule has 2 aromatic carbocycles. The standard InChI is InChI=1S/C24H23BrN2O5/c1-27-12-4-5-18(23(27)29)16-8-6-15(7-9-16)13-20(24(30)32-3)26-22(28)19-11-10-17(25)14-21(19)31-2/h4-12,14,20H,13H2,1-3H3,(H,26,28)/t20-/m0/s1. The van der Waals surface area contributed by atoms with Gasteiger partial charge in [-0.25, -0.2) is 4.79 Å². The molecule has 3 rings (SSSR count). The fourth-order valence-electron chi connectivity index (χ4n) is 3.30. The summed E-state index contributed by atoms with van der Waals surface area (Å²) in [7, 11) is 4.44. The minimum atomic E-state index is -0.892. The summed E-state index contributed by atoms with van der Waals surface area (Å²) in [5.74, 6) is -0.626. The number of hydrogen-bond acceptors (Lipinski definition) is 5.